The highest BCUT2D eigenvalue weighted by molar-refractivity contribution is 6.32. The lowest BCUT2D eigenvalue weighted by atomic mass is 10.2. The predicted octanol–water partition coefficient (Wildman–Crippen LogP) is 1.98. The van der Waals surface area contributed by atoms with Crippen LogP contribution in [0.25, 0.3) is 0 Å². The van der Waals surface area contributed by atoms with Gasteiger partial charge in [-0.1, -0.05) is 11.6 Å². The van der Waals surface area contributed by atoms with Gasteiger partial charge in [-0.05, 0) is 38.2 Å². The summed E-state index contributed by atoms with van der Waals surface area (Å²) in [7, 11) is 1.84. The van der Waals surface area contributed by atoms with Gasteiger partial charge in [0.05, 0.1) is 5.02 Å². The van der Waals surface area contributed by atoms with Gasteiger partial charge < -0.3 is 15.7 Å². The highest BCUT2D eigenvalue weighted by Crippen LogP contribution is 2.26. The average molecular weight is 243 g/mol. The smallest absolute Gasteiger partial charge is 0.224 e. The van der Waals surface area contributed by atoms with Crippen LogP contribution in [0.2, 0.25) is 5.02 Å². The van der Waals surface area contributed by atoms with E-state index in [0.717, 1.165) is 13.0 Å². The van der Waals surface area contributed by atoms with E-state index in [0.29, 0.717) is 12.1 Å². The monoisotopic (exact) mass is 242 g/mol. The van der Waals surface area contributed by atoms with Crippen LogP contribution in [0.5, 0.6) is 5.75 Å². The topological polar surface area (TPSA) is 61.4 Å². The third kappa shape index (κ3) is 4.08. The van der Waals surface area contributed by atoms with Gasteiger partial charge >= 0.3 is 0 Å². The molecular weight excluding hydrogens is 228 g/mol. The fourth-order valence-corrected chi connectivity index (χ4v) is 1.41. The first kappa shape index (κ1) is 12.8. The zero-order chi connectivity index (χ0) is 12.0. The Hall–Kier alpha value is -1.26. The van der Waals surface area contributed by atoms with Crippen molar-refractivity contribution in [3.63, 3.8) is 0 Å². The Morgan fingerprint density at radius 1 is 1.50 bits per heavy atom. The van der Waals surface area contributed by atoms with Gasteiger partial charge in [0.2, 0.25) is 5.91 Å². The number of rotatable bonds is 5. The van der Waals surface area contributed by atoms with Gasteiger partial charge in [0.1, 0.15) is 5.75 Å². The van der Waals surface area contributed by atoms with Crippen molar-refractivity contribution in [2.75, 3.05) is 18.9 Å². The Labute approximate surface area is 99.6 Å². The van der Waals surface area contributed by atoms with Crippen LogP contribution in [-0.4, -0.2) is 24.6 Å². The van der Waals surface area contributed by atoms with E-state index < -0.39 is 0 Å². The minimum Gasteiger partial charge on any atom is -0.506 e. The molecule has 5 heteroatoms. The first-order valence-corrected chi connectivity index (χ1v) is 5.44. The summed E-state index contributed by atoms with van der Waals surface area (Å²) >= 11 is 5.71. The number of hydrogen-bond acceptors (Lipinski definition) is 3. The highest BCUT2D eigenvalue weighted by Gasteiger charge is 2.04. The molecule has 3 N–H and O–H groups in total. The number of benzene rings is 1. The second-order valence-corrected chi connectivity index (χ2v) is 3.83. The van der Waals surface area contributed by atoms with Crippen molar-refractivity contribution in [3.8, 4) is 5.75 Å². The molecule has 0 aliphatic carbocycles. The van der Waals surface area contributed by atoms with E-state index in [-0.39, 0.29) is 16.7 Å². The van der Waals surface area contributed by atoms with Gasteiger partial charge in [0, 0.05) is 12.1 Å². The maximum atomic E-state index is 11.4. The maximum absolute atomic E-state index is 11.4. The lowest BCUT2D eigenvalue weighted by Gasteiger charge is -2.06. The van der Waals surface area contributed by atoms with Crippen molar-refractivity contribution >= 4 is 23.2 Å². The van der Waals surface area contributed by atoms with Crippen molar-refractivity contribution in [3.05, 3.63) is 23.2 Å². The van der Waals surface area contributed by atoms with Crippen molar-refractivity contribution in [2.45, 2.75) is 12.8 Å². The molecule has 0 radical (unpaired) electrons. The highest BCUT2D eigenvalue weighted by atomic mass is 35.5. The van der Waals surface area contributed by atoms with Crippen molar-refractivity contribution in [1.29, 1.82) is 0 Å². The van der Waals surface area contributed by atoms with Crippen molar-refractivity contribution in [1.82, 2.24) is 5.32 Å². The summed E-state index contributed by atoms with van der Waals surface area (Å²) in [5.41, 5.74) is 0.595. The molecule has 1 amide bonds. The van der Waals surface area contributed by atoms with Crippen LogP contribution < -0.4 is 10.6 Å². The van der Waals surface area contributed by atoms with E-state index in [2.05, 4.69) is 10.6 Å². The second kappa shape index (κ2) is 6.35. The first-order valence-electron chi connectivity index (χ1n) is 5.06. The fraction of sp³-hybridized carbons (Fsp3) is 0.364. The largest absolute Gasteiger partial charge is 0.506 e. The van der Waals surface area contributed by atoms with Gasteiger partial charge in [-0.3, -0.25) is 4.79 Å². The molecule has 0 spiro atoms. The number of carbonyl (C=O) groups excluding carboxylic acids is 1. The summed E-state index contributed by atoms with van der Waals surface area (Å²) in [5.74, 6) is -0.0492. The summed E-state index contributed by atoms with van der Waals surface area (Å²) in [6.45, 7) is 0.809. The lowest BCUT2D eigenvalue weighted by Crippen LogP contribution is -2.15. The third-order valence-corrected chi connectivity index (χ3v) is 2.36. The number of halogens is 1. The third-order valence-electron chi connectivity index (χ3n) is 2.06. The van der Waals surface area contributed by atoms with Crippen LogP contribution in [-0.2, 0) is 4.79 Å². The minimum atomic E-state index is -0.0583. The molecule has 0 atom stereocenters. The summed E-state index contributed by atoms with van der Waals surface area (Å²) in [6, 6.07) is 4.58. The molecule has 0 unspecified atom stereocenters. The molecular formula is C11H15ClN2O2. The zero-order valence-electron chi connectivity index (χ0n) is 9.09. The summed E-state index contributed by atoms with van der Waals surface area (Å²) in [6.07, 6.45) is 1.24. The average Bonchev–Trinajstić information content (AvgIpc) is 2.24. The molecule has 4 nitrogen and oxygen atoms in total. The number of phenols is 1. The lowest BCUT2D eigenvalue weighted by molar-refractivity contribution is -0.116. The van der Waals surface area contributed by atoms with E-state index in [1.54, 1.807) is 6.07 Å². The first-order chi connectivity index (χ1) is 7.63. The Balaban J connectivity index is 2.46. The van der Waals surface area contributed by atoms with Crippen LogP contribution in [0, 0.1) is 0 Å². The number of anilines is 1. The van der Waals surface area contributed by atoms with E-state index in [9.17, 15) is 9.90 Å². The Bertz CT molecular complexity index is 369. The predicted molar refractivity (Wildman–Crippen MR) is 64.9 cm³/mol. The Morgan fingerprint density at radius 2 is 2.25 bits per heavy atom. The number of aromatic hydroxyl groups is 1. The van der Waals surface area contributed by atoms with Crippen LogP contribution in [0.15, 0.2) is 18.2 Å². The van der Waals surface area contributed by atoms with E-state index in [1.807, 2.05) is 7.05 Å². The molecule has 0 aromatic heterocycles. The van der Waals surface area contributed by atoms with Gasteiger partial charge in [-0.25, -0.2) is 0 Å². The summed E-state index contributed by atoms with van der Waals surface area (Å²) in [5, 5.41) is 15.1. The van der Waals surface area contributed by atoms with Gasteiger partial charge in [-0.2, -0.15) is 0 Å². The van der Waals surface area contributed by atoms with E-state index in [4.69, 9.17) is 11.6 Å². The summed E-state index contributed by atoms with van der Waals surface area (Å²) in [4.78, 5) is 11.4. The van der Waals surface area contributed by atoms with Crippen LogP contribution in [0.4, 0.5) is 5.69 Å². The molecule has 0 aliphatic heterocycles. The Morgan fingerprint density at radius 3 is 2.88 bits per heavy atom. The Kier molecular flexibility index (Phi) is 5.08. The van der Waals surface area contributed by atoms with Crippen molar-refractivity contribution < 1.29 is 9.90 Å². The van der Waals surface area contributed by atoms with Gasteiger partial charge in [0.15, 0.2) is 0 Å². The molecule has 1 aromatic rings. The van der Waals surface area contributed by atoms with Crippen molar-refractivity contribution in [2.24, 2.45) is 0 Å². The molecule has 16 heavy (non-hydrogen) atoms. The SMILES string of the molecule is CNCCCC(=O)Nc1ccc(O)c(Cl)c1. The van der Waals surface area contributed by atoms with Crippen LogP contribution >= 0.6 is 11.6 Å². The molecule has 0 heterocycles. The molecule has 0 bridgehead atoms. The number of nitrogens with one attached hydrogen (secondary N) is 2. The second-order valence-electron chi connectivity index (χ2n) is 3.42. The standard InChI is InChI=1S/C11H15ClN2O2/c1-13-6-2-3-11(16)14-8-4-5-10(15)9(12)7-8/h4-5,7,13,15H,2-3,6H2,1H3,(H,14,16). The maximum Gasteiger partial charge on any atom is 0.224 e. The number of phenolic OH excluding ortho intramolecular Hbond substituents is 1. The molecule has 0 fully saturated rings. The molecule has 1 rings (SSSR count). The molecule has 1 aromatic carbocycles. The number of carbonyl (C=O) groups is 1. The number of hydrogen-bond donors (Lipinski definition) is 3. The van der Waals surface area contributed by atoms with E-state index >= 15 is 0 Å². The van der Waals surface area contributed by atoms with E-state index in [1.165, 1.54) is 12.1 Å². The summed E-state index contributed by atoms with van der Waals surface area (Å²) < 4.78 is 0. The quantitative estimate of drug-likeness (QED) is 0.547. The van der Waals surface area contributed by atoms with Crippen LogP contribution in [0.1, 0.15) is 12.8 Å². The molecule has 0 aliphatic rings. The minimum absolute atomic E-state index is 0.00912. The fourth-order valence-electron chi connectivity index (χ4n) is 1.23. The number of amides is 1. The molecule has 0 saturated carbocycles. The normalized spacial score (nSPS) is 10.1. The zero-order valence-corrected chi connectivity index (χ0v) is 9.84. The van der Waals surface area contributed by atoms with Gasteiger partial charge in [0.25, 0.3) is 0 Å². The molecule has 88 valence electrons. The molecule has 0 saturated heterocycles. The van der Waals surface area contributed by atoms with Crippen LogP contribution in [0.3, 0.4) is 0 Å². The van der Waals surface area contributed by atoms with Gasteiger partial charge in [-0.15, -0.1) is 0 Å².